The quantitative estimate of drug-likeness (QED) is 0.909. The lowest BCUT2D eigenvalue weighted by Gasteiger charge is -2.19. The molecule has 1 aromatic heterocycles. The summed E-state index contributed by atoms with van der Waals surface area (Å²) >= 11 is 3.33. The Labute approximate surface area is 117 Å². The Morgan fingerprint density at radius 2 is 2.00 bits per heavy atom. The third-order valence-electron chi connectivity index (χ3n) is 2.66. The second-order valence-corrected chi connectivity index (χ2v) is 5.59. The van der Waals surface area contributed by atoms with Gasteiger partial charge in [0.2, 0.25) is 0 Å². The Morgan fingerprint density at radius 3 is 2.63 bits per heavy atom. The smallest absolute Gasteiger partial charge is 0.328 e. The van der Waals surface area contributed by atoms with Crippen molar-refractivity contribution in [2.24, 2.45) is 0 Å². The molecule has 6 heteroatoms. The van der Waals surface area contributed by atoms with E-state index in [1.54, 1.807) is 18.2 Å². The first-order valence-corrected chi connectivity index (χ1v) is 6.34. The molecule has 0 atom stereocenters. The zero-order valence-electron chi connectivity index (χ0n) is 10.4. The van der Waals surface area contributed by atoms with Gasteiger partial charge in [-0.1, -0.05) is 15.9 Å². The first-order chi connectivity index (χ1) is 8.79. The van der Waals surface area contributed by atoms with Crippen molar-refractivity contribution in [1.82, 2.24) is 5.32 Å². The van der Waals surface area contributed by atoms with Crippen LogP contribution in [0.5, 0.6) is 0 Å². The number of rotatable bonds is 3. The maximum absolute atomic E-state index is 11.9. The van der Waals surface area contributed by atoms with Crippen LogP contribution in [0.1, 0.15) is 24.4 Å². The lowest BCUT2D eigenvalue weighted by Crippen LogP contribution is -2.49. The summed E-state index contributed by atoms with van der Waals surface area (Å²) in [4.78, 5) is 22.9. The molecule has 5 nitrogen and oxygen atoms in total. The molecule has 0 aliphatic rings. The van der Waals surface area contributed by atoms with Crippen molar-refractivity contribution >= 4 is 38.8 Å². The predicted octanol–water partition coefficient (Wildman–Crippen LogP) is 2.79. The topological polar surface area (TPSA) is 79.5 Å². The van der Waals surface area contributed by atoms with E-state index in [-0.39, 0.29) is 5.76 Å². The Kier molecular flexibility index (Phi) is 3.36. The van der Waals surface area contributed by atoms with E-state index in [4.69, 9.17) is 9.52 Å². The molecule has 0 aliphatic heterocycles. The number of aliphatic carboxylic acids is 1. The number of carbonyl (C=O) groups is 2. The van der Waals surface area contributed by atoms with Gasteiger partial charge in [0.15, 0.2) is 5.76 Å². The van der Waals surface area contributed by atoms with Gasteiger partial charge in [-0.05, 0) is 38.1 Å². The summed E-state index contributed by atoms with van der Waals surface area (Å²) in [6.45, 7) is 2.82. The van der Waals surface area contributed by atoms with Crippen LogP contribution in [-0.4, -0.2) is 22.5 Å². The maximum atomic E-state index is 11.9. The molecule has 2 aromatic rings. The molecule has 1 heterocycles. The SMILES string of the molecule is CC(C)(NC(=O)c1cc2cc(Br)ccc2o1)C(=O)O. The van der Waals surface area contributed by atoms with Crippen LogP contribution in [0.3, 0.4) is 0 Å². The van der Waals surface area contributed by atoms with Gasteiger partial charge >= 0.3 is 5.97 Å². The zero-order valence-corrected chi connectivity index (χ0v) is 11.9. The highest BCUT2D eigenvalue weighted by Gasteiger charge is 2.30. The van der Waals surface area contributed by atoms with E-state index >= 15 is 0 Å². The van der Waals surface area contributed by atoms with Crippen LogP contribution in [0.4, 0.5) is 0 Å². The van der Waals surface area contributed by atoms with Gasteiger partial charge in [-0.3, -0.25) is 4.79 Å². The zero-order chi connectivity index (χ0) is 14.2. The Hall–Kier alpha value is -1.82. The van der Waals surface area contributed by atoms with E-state index in [1.165, 1.54) is 13.8 Å². The van der Waals surface area contributed by atoms with Crippen LogP contribution in [-0.2, 0) is 4.79 Å². The first-order valence-electron chi connectivity index (χ1n) is 5.54. The van der Waals surface area contributed by atoms with E-state index in [9.17, 15) is 9.59 Å². The van der Waals surface area contributed by atoms with Gasteiger partial charge in [0.05, 0.1) is 0 Å². The monoisotopic (exact) mass is 325 g/mol. The van der Waals surface area contributed by atoms with E-state index in [0.717, 1.165) is 9.86 Å². The number of carboxylic acids is 1. The lowest BCUT2D eigenvalue weighted by molar-refractivity contribution is -0.143. The molecule has 19 heavy (non-hydrogen) atoms. The van der Waals surface area contributed by atoms with Crippen LogP contribution in [0.15, 0.2) is 33.2 Å². The second kappa shape index (κ2) is 4.70. The fourth-order valence-electron chi connectivity index (χ4n) is 1.53. The van der Waals surface area contributed by atoms with Crippen LogP contribution >= 0.6 is 15.9 Å². The Morgan fingerprint density at radius 1 is 1.32 bits per heavy atom. The van der Waals surface area contributed by atoms with Crippen molar-refractivity contribution in [2.45, 2.75) is 19.4 Å². The molecule has 0 bridgehead atoms. The van der Waals surface area contributed by atoms with Crippen molar-refractivity contribution < 1.29 is 19.1 Å². The molecule has 1 amide bonds. The van der Waals surface area contributed by atoms with Crippen molar-refractivity contribution in [3.05, 3.63) is 34.5 Å². The molecular weight excluding hydrogens is 314 g/mol. The van der Waals surface area contributed by atoms with Gasteiger partial charge in [0.1, 0.15) is 11.1 Å². The van der Waals surface area contributed by atoms with Crippen molar-refractivity contribution in [3.63, 3.8) is 0 Å². The number of benzene rings is 1. The second-order valence-electron chi connectivity index (χ2n) is 4.68. The lowest BCUT2D eigenvalue weighted by atomic mass is 10.1. The Bertz CT molecular complexity index is 660. The number of furan rings is 1. The summed E-state index contributed by atoms with van der Waals surface area (Å²) in [5.74, 6) is -1.58. The van der Waals surface area contributed by atoms with Gasteiger partial charge < -0.3 is 14.8 Å². The fourth-order valence-corrected chi connectivity index (χ4v) is 1.90. The number of carbonyl (C=O) groups excluding carboxylic acids is 1. The Balaban J connectivity index is 2.29. The van der Waals surface area contributed by atoms with Gasteiger partial charge in [-0.2, -0.15) is 0 Å². The number of hydrogen-bond donors (Lipinski definition) is 2. The normalized spacial score (nSPS) is 11.5. The summed E-state index contributed by atoms with van der Waals surface area (Å²) in [7, 11) is 0. The minimum Gasteiger partial charge on any atom is -0.480 e. The fraction of sp³-hybridized carbons (Fsp3) is 0.231. The molecule has 0 radical (unpaired) electrons. The van der Waals surface area contributed by atoms with Crippen molar-refractivity contribution in [1.29, 1.82) is 0 Å². The van der Waals surface area contributed by atoms with Crippen LogP contribution in [0, 0.1) is 0 Å². The summed E-state index contributed by atoms with van der Waals surface area (Å²) in [6, 6.07) is 6.93. The van der Waals surface area contributed by atoms with E-state index < -0.39 is 17.4 Å². The average Bonchev–Trinajstić information content (AvgIpc) is 2.71. The van der Waals surface area contributed by atoms with Gasteiger partial charge in [0.25, 0.3) is 5.91 Å². The van der Waals surface area contributed by atoms with Gasteiger partial charge in [-0.25, -0.2) is 4.79 Å². The summed E-state index contributed by atoms with van der Waals surface area (Å²) in [6.07, 6.45) is 0. The molecule has 0 spiro atoms. The molecule has 2 N–H and O–H groups in total. The largest absolute Gasteiger partial charge is 0.480 e. The highest BCUT2D eigenvalue weighted by atomic mass is 79.9. The summed E-state index contributed by atoms with van der Waals surface area (Å²) < 4.78 is 6.26. The number of amides is 1. The predicted molar refractivity (Wildman–Crippen MR) is 73.1 cm³/mol. The highest BCUT2D eigenvalue weighted by molar-refractivity contribution is 9.10. The average molecular weight is 326 g/mol. The van der Waals surface area contributed by atoms with Crippen molar-refractivity contribution in [3.8, 4) is 0 Å². The third-order valence-corrected chi connectivity index (χ3v) is 3.16. The van der Waals surface area contributed by atoms with Crippen LogP contribution < -0.4 is 5.32 Å². The molecular formula is C13H12BrNO4. The minimum absolute atomic E-state index is 0.0856. The third kappa shape index (κ3) is 2.78. The number of fused-ring (bicyclic) bond motifs is 1. The van der Waals surface area contributed by atoms with E-state index in [1.807, 2.05) is 6.07 Å². The number of hydrogen-bond acceptors (Lipinski definition) is 3. The summed E-state index contributed by atoms with van der Waals surface area (Å²) in [5, 5.41) is 12.1. The molecule has 100 valence electrons. The molecule has 0 saturated carbocycles. The van der Waals surface area contributed by atoms with Gasteiger partial charge in [-0.15, -0.1) is 0 Å². The van der Waals surface area contributed by atoms with E-state index in [2.05, 4.69) is 21.2 Å². The first kappa shape index (κ1) is 13.6. The maximum Gasteiger partial charge on any atom is 0.328 e. The van der Waals surface area contributed by atoms with Gasteiger partial charge in [0, 0.05) is 9.86 Å². The van der Waals surface area contributed by atoms with Crippen molar-refractivity contribution in [2.75, 3.05) is 0 Å². The molecule has 0 fully saturated rings. The number of halogens is 1. The molecule has 1 aromatic carbocycles. The van der Waals surface area contributed by atoms with Crippen LogP contribution in [0.25, 0.3) is 11.0 Å². The number of nitrogens with one attached hydrogen (secondary N) is 1. The molecule has 0 saturated heterocycles. The molecule has 0 unspecified atom stereocenters. The highest BCUT2D eigenvalue weighted by Crippen LogP contribution is 2.23. The van der Waals surface area contributed by atoms with Crippen LogP contribution in [0.2, 0.25) is 0 Å². The summed E-state index contributed by atoms with van der Waals surface area (Å²) in [5.41, 5.74) is -0.780. The number of carboxylic acid groups (broad SMARTS) is 1. The standard InChI is InChI=1S/C13H12BrNO4/c1-13(2,12(17)18)15-11(16)10-6-7-5-8(14)3-4-9(7)19-10/h3-6H,1-2H3,(H,15,16)(H,17,18). The van der Waals surface area contributed by atoms with E-state index in [0.29, 0.717) is 5.58 Å². The molecule has 0 aliphatic carbocycles. The minimum atomic E-state index is -1.35. The molecule has 2 rings (SSSR count).